The highest BCUT2D eigenvalue weighted by Gasteiger charge is 2.35. The van der Waals surface area contributed by atoms with Gasteiger partial charge < -0.3 is 10.2 Å². The van der Waals surface area contributed by atoms with Crippen LogP contribution in [0.1, 0.15) is 47.0 Å². The van der Waals surface area contributed by atoms with Crippen LogP contribution in [0.4, 0.5) is 0 Å². The molecule has 19 heavy (non-hydrogen) atoms. The minimum atomic E-state index is 0.678. The Kier molecular flexibility index (Phi) is 5.27. The maximum atomic E-state index is 3.76. The van der Waals surface area contributed by atoms with Crippen molar-refractivity contribution in [3.05, 3.63) is 0 Å². The predicted molar refractivity (Wildman–Crippen MR) is 82.5 cm³/mol. The zero-order valence-corrected chi connectivity index (χ0v) is 13.5. The van der Waals surface area contributed by atoms with Crippen molar-refractivity contribution in [2.24, 2.45) is 5.92 Å². The number of piperazine rings is 1. The van der Waals surface area contributed by atoms with Gasteiger partial charge in [-0.1, -0.05) is 20.8 Å². The molecule has 4 atom stereocenters. The summed E-state index contributed by atoms with van der Waals surface area (Å²) < 4.78 is 0. The van der Waals surface area contributed by atoms with Crippen LogP contribution in [0.25, 0.3) is 0 Å². The molecule has 3 heteroatoms. The normalized spacial score (nSPS) is 38.8. The number of nitrogens with one attached hydrogen (secondary N) is 1. The summed E-state index contributed by atoms with van der Waals surface area (Å²) in [6, 6.07) is 2.97. The number of hydrogen-bond acceptors (Lipinski definition) is 3. The molecule has 2 aliphatic heterocycles. The van der Waals surface area contributed by atoms with Gasteiger partial charge in [-0.05, 0) is 45.7 Å². The van der Waals surface area contributed by atoms with Gasteiger partial charge >= 0.3 is 0 Å². The maximum Gasteiger partial charge on any atom is 0.0221 e. The third kappa shape index (κ3) is 3.50. The standard InChI is InChI=1S/C16H33N3/c1-6-14-10-17-16(12(2)3)11-19(14)15-7-8-18(5)13(4)9-15/h12-17H,6-11H2,1-5H3. The zero-order chi connectivity index (χ0) is 14.0. The van der Waals surface area contributed by atoms with E-state index in [2.05, 4.69) is 49.9 Å². The quantitative estimate of drug-likeness (QED) is 0.845. The van der Waals surface area contributed by atoms with Crippen LogP contribution < -0.4 is 5.32 Å². The number of rotatable bonds is 3. The lowest BCUT2D eigenvalue weighted by Crippen LogP contribution is -2.62. The summed E-state index contributed by atoms with van der Waals surface area (Å²) in [5.74, 6) is 0.740. The van der Waals surface area contributed by atoms with E-state index in [9.17, 15) is 0 Å². The lowest BCUT2D eigenvalue weighted by molar-refractivity contribution is 0.0226. The molecule has 0 aliphatic carbocycles. The van der Waals surface area contributed by atoms with Crippen LogP contribution in [-0.2, 0) is 0 Å². The fourth-order valence-electron chi connectivity index (χ4n) is 3.68. The smallest absolute Gasteiger partial charge is 0.0221 e. The number of hydrogen-bond donors (Lipinski definition) is 1. The Hall–Kier alpha value is -0.120. The van der Waals surface area contributed by atoms with Gasteiger partial charge in [0.25, 0.3) is 0 Å². The molecule has 0 aromatic carbocycles. The van der Waals surface area contributed by atoms with Crippen molar-refractivity contribution >= 4 is 0 Å². The monoisotopic (exact) mass is 267 g/mol. The molecule has 2 aliphatic rings. The molecule has 4 unspecified atom stereocenters. The summed E-state index contributed by atoms with van der Waals surface area (Å²) >= 11 is 0. The third-order valence-electron chi connectivity index (χ3n) is 5.42. The van der Waals surface area contributed by atoms with Crippen molar-refractivity contribution in [2.45, 2.75) is 71.1 Å². The van der Waals surface area contributed by atoms with Crippen LogP contribution >= 0.6 is 0 Å². The van der Waals surface area contributed by atoms with Gasteiger partial charge in [0.1, 0.15) is 0 Å². The van der Waals surface area contributed by atoms with Gasteiger partial charge in [0.15, 0.2) is 0 Å². The Bertz CT molecular complexity index is 279. The molecule has 2 heterocycles. The van der Waals surface area contributed by atoms with Crippen molar-refractivity contribution in [1.82, 2.24) is 15.1 Å². The topological polar surface area (TPSA) is 18.5 Å². The highest BCUT2D eigenvalue weighted by molar-refractivity contribution is 4.93. The molecule has 2 fully saturated rings. The van der Waals surface area contributed by atoms with Crippen molar-refractivity contribution in [1.29, 1.82) is 0 Å². The number of nitrogens with zero attached hydrogens (tertiary/aromatic N) is 2. The second-order valence-corrected chi connectivity index (χ2v) is 7.03. The third-order valence-corrected chi connectivity index (χ3v) is 5.42. The maximum absolute atomic E-state index is 3.76. The van der Waals surface area contributed by atoms with Gasteiger partial charge in [0.05, 0.1) is 0 Å². The Morgan fingerprint density at radius 2 is 2.05 bits per heavy atom. The van der Waals surface area contributed by atoms with Crippen molar-refractivity contribution in [2.75, 3.05) is 26.7 Å². The molecular weight excluding hydrogens is 234 g/mol. The first-order chi connectivity index (χ1) is 9.02. The van der Waals surface area contributed by atoms with E-state index in [0.29, 0.717) is 6.04 Å². The van der Waals surface area contributed by atoms with Crippen LogP contribution in [0.2, 0.25) is 0 Å². The first-order valence-corrected chi connectivity index (χ1v) is 8.22. The lowest BCUT2D eigenvalue weighted by Gasteiger charge is -2.49. The summed E-state index contributed by atoms with van der Waals surface area (Å²) in [7, 11) is 2.27. The molecule has 0 radical (unpaired) electrons. The van der Waals surface area contributed by atoms with E-state index in [4.69, 9.17) is 0 Å². The summed E-state index contributed by atoms with van der Waals surface area (Å²) in [4.78, 5) is 5.35. The van der Waals surface area contributed by atoms with E-state index < -0.39 is 0 Å². The van der Waals surface area contributed by atoms with Gasteiger partial charge in [-0.3, -0.25) is 4.90 Å². The molecule has 3 nitrogen and oxygen atoms in total. The highest BCUT2D eigenvalue weighted by Crippen LogP contribution is 2.26. The Morgan fingerprint density at radius 1 is 1.32 bits per heavy atom. The SMILES string of the molecule is CCC1CNC(C(C)C)CN1C1CCN(C)C(C)C1. The Labute approximate surface area is 119 Å². The molecule has 112 valence electrons. The largest absolute Gasteiger partial charge is 0.311 e. The van der Waals surface area contributed by atoms with Crippen molar-refractivity contribution < 1.29 is 0 Å². The number of likely N-dealkylation sites (tertiary alicyclic amines) is 1. The van der Waals surface area contributed by atoms with E-state index in [1.807, 2.05) is 0 Å². The molecule has 2 rings (SSSR count). The Balaban J connectivity index is 2.01. The van der Waals surface area contributed by atoms with Crippen LogP contribution in [0.15, 0.2) is 0 Å². The van der Waals surface area contributed by atoms with E-state index in [1.54, 1.807) is 0 Å². The summed E-state index contributed by atoms with van der Waals surface area (Å²) in [6.07, 6.45) is 3.97. The van der Waals surface area contributed by atoms with Gasteiger partial charge in [0, 0.05) is 37.3 Å². The van der Waals surface area contributed by atoms with Crippen molar-refractivity contribution in [3.63, 3.8) is 0 Å². The average Bonchev–Trinajstić information content (AvgIpc) is 2.41. The fourth-order valence-corrected chi connectivity index (χ4v) is 3.68. The summed E-state index contributed by atoms with van der Waals surface area (Å²) in [6.45, 7) is 13.1. The first kappa shape index (κ1) is 15.3. The van der Waals surface area contributed by atoms with Gasteiger partial charge in [-0.15, -0.1) is 0 Å². The molecular formula is C16H33N3. The Morgan fingerprint density at radius 3 is 2.63 bits per heavy atom. The van der Waals surface area contributed by atoms with Gasteiger partial charge in [-0.25, -0.2) is 0 Å². The molecule has 0 amide bonds. The summed E-state index contributed by atoms with van der Waals surface area (Å²) in [5, 5.41) is 3.76. The molecule has 0 aromatic rings. The molecule has 0 aromatic heterocycles. The minimum absolute atomic E-state index is 0.678. The fraction of sp³-hybridized carbons (Fsp3) is 1.00. The second kappa shape index (κ2) is 6.55. The lowest BCUT2D eigenvalue weighted by atomic mass is 9.91. The van der Waals surface area contributed by atoms with Crippen LogP contribution in [-0.4, -0.2) is 60.6 Å². The van der Waals surface area contributed by atoms with Gasteiger partial charge in [0.2, 0.25) is 0 Å². The number of piperidine rings is 1. The van der Waals surface area contributed by atoms with E-state index in [-0.39, 0.29) is 0 Å². The van der Waals surface area contributed by atoms with Crippen LogP contribution in [0, 0.1) is 5.92 Å². The molecule has 1 N–H and O–H groups in total. The first-order valence-electron chi connectivity index (χ1n) is 8.22. The molecule has 0 saturated carbocycles. The summed E-state index contributed by atoms with van der Waals surface area (Å²) in [5.41, 5.74) is 0. The molecule has 0 spiro atoms. The van der Waals surface area contributed by atoms with Gasteiger partial charge in [-0.2, -0.15) is 0 Å². The van der Waals surface area contributed by atoms with E-state index in [0.717, 1.165) is 24.0 Å². The van der Waals surface area contributed by atoms with Crippen LogP contribution in [0.5, 0.6) is 0 Å². The highest BCUT2D eigenvalue weighted by atomic mass is 15.3. The average molecular weight is 267 g/mol. The van der Waals surface area contributed by atoms with E-state index in [1.165, 1.54) is 38.9 Å². The molecule has 0 bridgehead atoms. The zero-order valence-electron chi connectivity index (χ0n) is 13.5. The van der Waals surface area contributed by atoms with Crippen molar-refractivity contribution in [3.8, 4) is 0 Å². The minimum Gasteiger partial charge on any atom is -0.311 e. The predicted octanol–water partition coefficient (Wildman–Crippen LogP) is 2.18. The van der Waals surface area contributed by atoms with E-state index >= 15 is 0 Å². The molecule has 2 saturated heterocycles. The second-order valence-electron chi connectivity index (χ2n) is 7.03. The van der Waals surface area contributed by atoms with Crippen LogP contribution in [0.3, 0.4) is 0 Å².